The molecule has 0 saturated carbocycles. The van der Waals surface area contributed by atoms with Gasteiger partial charge >= 0.3 is 0 Å². The van der Waals surface area contributed by atoms with Gasteiger partial charge in [-0.3, -0.25) is 9.58 Å². The van der Waals surface area contributed by atoms with Crippen molar-refractivity contribution >= 4 is 10.0 Å². The summed E-state index contributed by atoms with van der Waals surface area (Å²) >= 11 is 0. The summed E-state index contributed by atoms with van der Waals surface area (Å²) in [6, 6.07) is 5.86. The van der Waals surface area contributed by atoms with Gasteiger partial charge in [0.2, 0.25) is 10.0 Å². The van der Waals surface area contributed by atoms with E-state index in [9.17, 15) is 8.42 Å². The third-order valence-corrected chi connectivity index (χ3v) is 7.38. The van der Waals surface area contributed by atoms with Crippen LogP contribution in [-0.2, 0) is 23.6 Å². The highest BCUT2D eigenvalue weighted by Gasteiger charge is 2.32. The fourth-order valence-electron chi connectivity index (χ4n) is 3.62. The molecule has 1 saturated heterocycles. The van der Waals surface area contributed by atoms with Crippen LogP contribution < -0.4 is 9.47 Å². The second-order valence-corrected chi connectivity index (χ2v) is 8.87. The summed E-state index contributed by atoms with van der Waals surface area (Å²) in [6.07, 6.45) is 0. The van der Waals surface area contributed by atoms with Crippen molar-refractivity contribution in [2.24, 2.45) is 7.05 Å². The van der Waals surface area contributed by atoms with Gasteiger partial charge in [-0.25, -0.2) is 8.42 Å². The van der Waals surface area contributed by atoms with Crippen molar-refractivity contribution in [3.05, 3.63) is 35.2 Å². The van der Waals surface area contributed by atoms with Gasteiger partial charge in [-0.1, -0.05) is 6.07 Å². The van der Waals surface area contributed by atoms with Gasteiger partial charge in [0, 0.05) is 39.8 Å². The van der Waals surface area contributed by atoms with E-state index in [0.717, 1.165) is 12.1 Å². The van der Waals surface area contributed by atoms with Gasteiger partial charge in [0.05, 0.1) is 25.6 Å². The molecule has 0 unspecified atom stereocenters. The third-order valence-electron chi connectivity index (χ3n) is 5.23. The number of piperazine rings is 1. The molecule has 8 nitrogen and oxygen atoms in total. The lowest BCUT2D eigenvalue weighted by Gasteiger charge is -2.34. The normalized spacial score (nSPS) is 16.3. The largest absolute Gasteiger partial charge is 0.493 e. The van der Waals surface area contributed by atoms with Crippen LogP contribution in [0.5, 0.6) is 11.5 Å². The van der Waals surface area contributed by atoms with Gasteiger partial charge in [-0.2, -0.15) is 9.40 Å². The molecule has 0 aliphatic carbocycles. The maximum Gasteiger partial charge on any atom is 0.246 e. The molecule has 1 aromatic carbocycles. The molecule has 2 heterocycles. The van der Waals surface area contributed by atoms with E-state index in [-0.39, 0.29) is 0 Å². The monoisotopic (exact) mass is 408 g/mol. The lowest BCUT2D eigenvalue weighted by atomic mass is 10.1. The fourth-order valence-corrected chi connectivity index (χ4v) is 5.44. The smallest absolute Gasteiger partial charge is 0.246 e. The van der Waals surface area contributed by atoms with Crippen molar-refractivity contribution in [1.82, 2.24) is 19.0 Å². The molecule has 1 aliphatic rings. The Balaban J connectivity index is 1.68. The van der Waals surface area contributed by atoms with E-state index in [1.807, 2.05) is 18.2 Å². The molecule has 0 amide bonds. The van der Waals surface area contributed by atoms with Crippen LogP contribution in [0.2, 0.25) is 0 Å². The van der Waals surface area contributed by atoms with E-state index >= 15 is 0 Å². The van der Waals surface area contributed by atoms with Gasteiger partial charge < -0.3 is 9.47 Å². The van der Waals surface area contributed by atoms with E-state index in [1.54, 1.807) is 44.1 Å². The first-order chi connectivity index (χ1) is 13.3. The molecule has 1 fully saturated rings. The van der Waals surface area contributed by atoms with Crippen molar-refractivity contribution in [3.63, 3.8) is 0 Å². The van der Waals surface area contributed by atoms with Crippen molar-refractivity contribution in [1.29, 1.82) is 0 Å². The minimum atomic E-state index is -3.53. The lowest BCUT2D eigenvalue weighted by molar-refractivity contribution is 0.181. The Morgan fingerprint density at radius 1 is 1.04 bits per heavy atom. The van der Waals surface area contributed by atoms with E-state index in [4.69, 9.17) is 9.47 Å². The van der Waals surface area contributed by atoms with Gasteiger partial charge in [0.1, 0.15) is 4.90 Å². The van der Waals surface area contributed by atoms with Gasteiger partial charge in [-0.15, -0.1) is 0 Å². The van der Waals surface area contributed by atoms with Crippen molar-refractivity contribution < 1.29 is 17.9 Å². The molecule has 2 aromatic rings. The number of methoxy groups -OCH3 is 2. The topological polar surface area (TPSA) is 76.9 Å². The molecule has 0 radical (unpaired) electrons. The summed E-state index contributed by atoms with van der Waals surface area (Å²) in [5, 5.41) is 4.25. The minimum Gasteiger partial charge on any atom is -0.493 e. The van der Waals surface area contributed by atoms with Crippen LogP contribution in [0.4, 0.5) is 0 Å². The molecule has 1 aromatic heterocycles. The first-order valence-electron chi connectivity index (χ1n) is 9.21. The van der Waals surface area contributed by atoms with Crippen molar-refractivity contribution in [2.75, 3.05) is 40.4 Å². The number of benzene rings is 1. The summed E-state index contributed by atoms with van der Waals surface area (Å²) in [6.45, 7) is 6.54. The summed E-state index contributed by atoms with van der Waals surface area (Å²) in [5.74, 6) is 1.40. The average Bonchev–Trinajstić information content (AvgIpc) is 2.94. The van der Waals surface area contributed by atoms with Crippen LogP contribution in [0.25, 0.3) is 0 Å². The molecule has 154 valence electrons. The molecule has 0 spiro atoms. The average molecular weight is 409 g/mol. The Bertz CT molecular complexity index is 947. The number of aryl methyl sites for hydroxylation is 2. The number of nitrogens with zero attached hydrogens (tertiary/aromatic N) is 4. The highest BCUT2D eigenvalue weighted by molar-refractivity contribution is 7.89. The first kappa shape index (κ1) is 20.6. The molecule has 1 aliphatic heterocycles. The molecule has 0 N–H and O–H groups in total. The van der Waals surface area contributed by atoms with Crippen LogP contribution in [-0.4, -0.2) is 67.8 Å². The quantitative estimate of drug-likeness (QED) is 0.722. The lowest BCUT2D eigenvalue weighted by Crippen LogP contribution is -2.48. The van der Waals surface area contributed by atoms with E-state index in [0.29, 0.717) is 54.0 Å². The summed E-state index contributed by atoms with van der Waals surface area (Å²) in [7, 11) is 1.47. The van der Waals surface area contributed by atoms with E-state index in [2.05, 4.69) is 10.00 Å². The Labute approximate surface area is 166 Å². The van der Waals surface area contributed by atoms with Crippen LogP contribution in [0.3, 0.4) is 0 Å². The fraction of sp³-hybridized carbons (Fsp3) is 0.526. The number of hydrogen-bond donors (Lipinski definition) is 0. The van der Waals surface area contributed by atoms with Crippen molar-refractivity contribution in [3.8, 4) is 11.5 Å². The number of hydrogen-bond acceptors (Lipinski definition) is 6. The molecule has 9 heteroatoms. The van der Waals surface area contributed by atoms with Crippen LogP contribution in [0.15, 0.2) is 23.1 Å². The predicted molar refractivity (Wildman–Crippen MR) is 106 cm³/mol. The number of aromatic nitrogens is 2. The molecule has 3 rings (SSSR count). The van der Waals surface area contributed by atoms with E-state index < -0.39 is 10.0 Å². The van der Waals surface area contributed by atoms with Crippen LogP contribution in [0.1, 0.15) is 17.0 Å². The number of rotatable bonds is 6. The number of ether oxygens (including phenoxy) is 2. The molecule has 0 bridgehead atoms. The molecule has 28 heavy (non-hydrogen) atoms. The maximum atomic E-state index is 13.1. The zero-order chi connectivity index (χ0) is 20.5. The minimum absolute atomic E-state index is 0.336. The van der Waals surface area contributed by atoms with E-state index in [1.165, 1.54) is 0 Å². The predicted octanol–water partition coefficient (Wildman–Crippen LogP) is 1.56. The Morgan fingerprint density at radius 3 is 2.21 bits per heavy atom. The molecule has 0 atom stereocenters. The van der Waals surface area contributed by atoms with Gasteiger partial charge in [0.15, 0.2) is 11.5 Å². The van der Waals surface area contributed by atoms with Gasteiger partial charge in [0.25, 0.3) is 0 Å². The maximum absolute atomic E-state index is 13.1. The second-order valence-electron chi connectivity index (χ2n) is 6.99. The Hall–Kier alpha value is -2.10. The van der Waals surface area contributed by atoms with Crippen molar-refractivity contribution in [2.45, 2.75) is 25.3 Å². The van der Waals surface area contributed by atoms with Crippen LogP contribution >= 0.6 is 0 Å². The second kappa shape index (κ2) is 8.10. The zero-order valence-electron chi connectivity index (χ0n) is 17.1. The third kappa shape index (κ3) is 3.87. The highest BCUT2D eigenvalue weighted by Crippen LogP contribution is 2.29. The zero-order valence-corrected chi connectivity index (χ0v) is 17.9. The van der Waals surface area contributed by atoms with Gasteiger partial charge in [-0.05, 0) is 31.5 Å². The molecular weight excluding hydrogens is 380 g/mol. The standard InChI is InChI=1S/C19H28N4O4S/c1-14-19(15(2)21(3)20-14)28(24,25)23-10-8-22(9-11-23)13-16-6-7-17(26-4)18(12-16)27-5/h6-7,12H,8-11,13H2,1-5H3. The molecular formula is C19H28N4O4S. The number of sulfonamides is 1. The summed E-state index contributed by atoms with van der Waals surface area (Å²) in [4.78, 5) is 2.58. The Kier molecular flexibility index (Phi) is 5.97. The highest BCUT2D eigenvalue weighted by atomic mass is 32.2. The van der Waals surface area contributed by atoms with Crippen LogP contribution in [0, 0.1) is 13.8 Å². The summed E-state index contributed by atoms with van der Waals surface area (Å²) in [5.41, 5.74) is 2.32. The summed E-state index contributed by atoms with van der Waals surface area (Å²) < 4.78 is 40.0. The first-order valence-corrected chi connectivity index (χ1v) is 10.7. The SMILES string of the molecule is COc1ccc(CN2CCN(S(=O)(=O)c3c(C)nn(C)c3C)CC2)cc1OC. The Morgan fingerprint density at radius 2 is 1.68 bits per heavy atom.